The van der Waals surface area contributed by atoms with E-state index in [4.69, 9.17) is 11.6 Å². The van der Waals surface area contributed by atoms with E-state index >= 15 is 0 Å². The van der Waals surface area contributed by atoms with E-state index in [1.807, 2.05) is 0 Å². The molecule has 1 aromatic heterocycles. The normalized spacial score (nSPS) is 17.9. The molecule has 1 N–H and O–H groups in total. The Morgan fingerprint density at radius 3 is 2.62 bits per heavy atom. The molecule has 118 valence electrons. The monoisotopic (exact) mass is 331 g/mol. The van der Waals surface area contributed by atoms with Crippen LogP contribution >= 0.6 is 11.6 Å². The average Bonchev–Trinajstić information content (AvgIpc) is 2.48. The number of piperidine rings is 1. The molecule has 0 unspecified atom stereocenters. The van der Waals surface area contributed by atoms with Gasteiger partial charge in [0.2, 0.25) is 10.0 Å². The van der Waals surface area contributed by atoms with E-state index in [0.717, 1.165) is 19.3 Å². The first kappa shape index (κ1) is 16.5. The first-order chi connectivity index (χ1) is 9.98. The molecule has 0 saturated carbocycles. The zero-order valence-electron chi connectivity index (χ0n) is 12.5. The Balaban J connectivity index is 2.14. The van der Waals surface area contributed by atoms with Gasteiger partial charge in [-0.1, -0.05) is 31.4 Å². The first-order valence-corrected chi connectivity index (χ1v) is 9.14. The zero-order valence-corrected chi connectivity index (χ0v) is 14.0. The van der Waals surface area contributed by atoms with Crippen LogP contribution in [0.25, 0.3) is 0 Å². The van der Waals surface area contributed by atoms with Gasteiger partial charge in [-0.05, 0) is 24.8 Å². The van der Waals surface area contributed by atoms with Crippen LogP contribution < -0.4 is 5.32 Å². The summed E-state index contributed by atoms with van der Waals surface area (Å²) >= 11 is 6.03. The van der Waals surface area contributed by atoms with Gasteiger partial charge in [0.1, 0.15) is 10.7 Å². The van der Waals surface area contributed by atoms with E-state index in [1.165, 1.54) is 18.7 Å². The zero-order chi connectivity index (χ0) is 15.5. The molecule has 5 nitrogen and oxygen atoms in total. The van der Waals surface area contributed by atoms with Gasteiger partial charge in [-0.25, -0.2) is 13.4 Å². The van der Waals surface area contributed by atoms with E-state index in [1.54, 1.807) is 11.4 Å². The van der Waals surface area contributed by atoms with Gasteiger partial charge in [0.05, 0.1) is 5.02 Å². The maximum absolute atomic E-state index is 12.6. The number of halogens is 1. The molecule has 0 amide bonds. The summed E-state index contributed by atoms with van der Waals surface area (Å²) in [5.41, 5.74) is 0. The van der Waals surface area contributed by atoms with Crippen molar-refractivity contribution in [2.75, 3.05) is 25.5 Å². The lowest BCUT2D eigenvalue weighted by Gasteiger charge is -2.31. The molecular formula is C14H22ClN3O2S. The van der Waals surface area contributed by atoms with Crippen LogP contribution in [-0.4, -0.2) is 37.8 Å². The summed E-state index contributed by atoms with van der Waals surface area (Å²) in [5.74, 6) is 1.13. The number of anilines is 1. The smallest absolute Gasteiger partial charge is 0.244 e. The summed E-state index contributed by atoms with van der Waals surface area (Å²) < 4.78 is 26.8. The molecule has 1 aliphatic heterocycles. The van der Waals surface area contributed by atoms with Gasteiger partial charge >= 0.3 is 0 Å². The number of pyridine rings is 1. The summed E-state index contributed by atoms with van der Waals surface area (Å²) in [6.45, 7) is 3.33. The molecule has 2 rings (SSSR count). The lowest BCUT2D eigenvalue weighted by atomic mass is 9.94. The van der Waals surface area contributed by atoms with Crippen LogP contribution in [0.5, 0.6) is 0 Å². The van der Waals surface area contributed by atoms with Crippen molar-refractivity contribution >= 4 is 27.4 Å². The van der Waals surface area contributed by atoms with Crippen molar-refractivity contribution in [3.8, 4) is 0 Å². The maximum atomic E-state index is 12.6. The lowest BCUT2D eigenvalue weighted by molar-refractivity contribution is 0.262. The summed E-state index contributed by atoms with van der Waals surface area (Å²) in [6, 6.07) is 1.47. The topological polar surface area (TPSA) is 62.3 Å². The molecule has 2 heterocycles. The molecule has 1 fully saturated rings. The second-order valence-corrected chi connectivity index (χ2v) is 7.73. The van der Waals surface area contributed by atoms with Gasteiger partial charge < -0.3 is 5.32 Å². The quantitative estimate of drug-likeness (QED) is 0.901. The molecule has 0 aliphatic carbocycles. The van der Waals surface area contributed by atoms with E-state index < -0.39 is 10.0 Å². The second kappa shape index (κ2) is 6.94. The van der Waals surface area contributed by atoms with Crippen LogP contribution in [0.15, 0.2) is 17.2 Å². The van der Waals surface area contributed by atoms with Crippen molar-refractivity contribution in [1.82, 2.24) is 9.29 Å². The summed E-state index contributed by atoms with van der Waals surface area (Å²) in [7, 11) is -1.79. The minimum atomic E-state index is -3.49. The van der Waals surface area contributed by atoms with Crippen LogP contribution in [0, 0.1) is 5.92 Å². The Morgan fingerprint density at radius 1 is 1.43 bits per heavy atom. The van der Waals surface area contributed by atoms with E-state index in [9.17, 15) is 8.42 Å². The van der Waals surface area contributed by atoms with E-state index in [2.05, 4.69) is 17.2 Å². The standard InChI is InChI=1S/C14H22ClN3O2S/c1-3-4-11-5-7-18(8-6-11)21(19,20)12-9-13(15)14(16-2)17-10-12/h9-11H,3-8H2,1-2H3,(H,16,17). The fraction of sp³-hybridized carbons (Fsp3) is 0.643. The first-order valence-electron chi connectivity index (χ1n) is 7.32. The molecule has 1 aromatic rings. The van der Waals surface area contributed by atoms with Gasteiger partial charge in [-0.15, -0.1) is 0 Å². The van der Waals surface area contributed by atoms with Crippen LogP contribution in [0.3, 0.4) is 0 Å². The fourth-order valence-electron chi connectivity index (χ4n) is 2.74. The summed E-state index contributed by atoms with van der Waals surface area (Å²) in [5, 5.41) is 3.14. The van der Waals surface area contributed by atoms with Crippen LogP contribution in [0.1, 0.15) is 32.6 Å². The fourth-order valence-corrected chi connectivity index (χ4v) is 4.51. The minimum Gasteiger partial charge on any atom is -0.372 e. The average molecular weight is 332 g/mol. The molecule has 1 saturated heterocycles. The highest BCUT2D eigenvalue weighted by molar-refractivity contribution is 7.89. The van der Waals surface area contributed by atoms with Gasteiger partial charge in [0, 0.05) is 26.3 Å². The lowest BCUT2D eigenvalue weighted by Crippen LogP contribution is -2.38. The molecule has 0 radical (unpaired) electrons. The Kier molecular flexibility index (Phi) is 5.46. The maximum Gasteiger partial charge on any atom is 0.244 e. The van der Waals surface area contributed by atoms with Gasteiger partial charge in [-0.2, -0.15) is 4.31 Å². The number of aromatic nitrogens is 1. The molecule has 0 atom stereocenters. The highest BCUT2D eigenvalue weighted by atomic mass is 35.5. The number of nitrogens with zero attached hydrogens (tertiary/aromatic N) is 2. The molecule has 1 aliphatic rings. The van der Waals surface area contributed by atoms with Gasteiger partial charge in [0.25, 0.3) is 0 Å². The Labute approximate surface area is 131 Å². The van der Waals surface area contributed by atoms with E-state index in [0.29, 0.717) is 29.8 Å². The Bertz CT molecular complexity index is 584. The van der Waals surface area contributed by atoms with Crippen molar-refractivity contribution in [3.05, 3.63) is 17.3 Å². The number of hydrogen-bond donors (Lipinski definition) is 1. The second-order valence-electron chi connectivity index (χ2n) is 5.39. The molecule has 0 aromatic carbocycles. The van der Waals surface area contributed by atoms with Crippen molar-refractivity contribution in [3.63, 3.8) is 0 Å². The third-order valence-corrected chi connectivity index (χ3v) is 6.11. The highest BCUT2D eigenvalue weighted by Crippen LogP contribution is 2.28. The summed E-state index contributed by atoms with van der Waals surface area (Å²) in [6.07, 6.45) is 5.57. The van der Waals surface area contributed by atoms with Crippen molar-refractivity contribution in [2.24, 2.45) is 5.92 Å². The van der Waals surface area contributed by atoms with Crippen LogP contribution in [-0.2, 0) is 10.0 Å². The van der Waals surface area contributed by atoms with Crippen LogP contribution in [0.4, 0.5) is 5.82 Å². The Hall–Kier alpha value is -0.850. The molecule has 0 spiro atoms. The largest absolute Gasteiger partial charge is 0.372 e. The number of sulfonamides is 1. The van der Waals surface area contributed by atoms with Gasteiger partial charge in [0.15, 0.2) is 0 Å². The third-order valence-electron chi connectivity index (χ3n) is 3.96. The predicted octanol–water partition coefficient (Wildman–Crippen LogP) is 2.98. The van der Waals surface area contributed by atoms with E-state index in [-0.39, 0.29) is 4.90 Å². The van der Waals surface area contributed by atoms with Crippen molar-refractivity contribution in [2.45, 2.75) is 37.5 Å². The molecule has 7 heteroatoms. The third kappa shape index (κ3) is 3.67. The SMILES string of the molecule is CCCC1CCN(S(=O)(=O)c2cnc(NC)c(Cl)c2)CC1. The molecular weight excluding hydrogens is 310 g/mol. The van der Waals surface area contributed by atoms with Gasteiger partial charge in [-0.3, -0.25) is 0 Å². The highest BCUT2D eigenvalue weighted by Gasteiger charge is 2.29. The Morgan fingerprint density at radius 2 is 2.10 bits per heavy atom. The van der Waals surface area contributed by atoms with Crippen LogP contribution in [0.2, 0.25) is 5.02 Å². The minimum absolute atomic E-state index is 0.167. The number of nitrogens with one attached hydrogen (secondary N) is 1. The molecule has 21 heavy (non-hydrogen) atoms. The summed E-state index contributed by atoms with van der Waals surface area (Å²) in [4.78, 5) is 4.22. The number of rotatable bonds is 5. The predicted molar refractivity (Wildman–Crippen MR) is 85.2 cm³/mol. The number of hydrogen-bond acceptors (Lipinski definition) is 4. The molecule has 0 bridgehead atoms. The van der Waals surface area contributed by atoms with Crippen molar-refractivity contribution < 1.29 is 8.42 Å². The van der Waals surface area contributed by atoms with Crippen molar-refractivity contribution in [1.29, 1.82) is 0 Å².